The quantitative estimate of drug-likeness (QED) is 0.541. The number of pyridine rings is 1. The van der Waals surface area contributed by atoms with E-state index in [1.165, 1.54) is 12.3 Å². The molecule has 0 fully saturated rings. The van der Waals surface area contributed by atoms with E-state index >= 15 is 0 Å². The monoisotopic (exact) mass is 217 g/mol. The van der Waals surface area contributed by atoms with Crippen LogP contribution in [0.2, 0.25) is 0 Å². The molecule has 0 amide bonds. The minimum atomic E-state index is -0.760. The van der Waals surface area contributed by atoms with Crippen molar-refractivity contribution < 1.29 is 9.31 Å². The first-order chi connectivity index (χ1) is 7.63. The summed E-state index contributed by atoms with van der Waals surface area (Å²) in [6.45, 7) is 0. The summed E-state index contributed by atoms with van der Waals surface area (Å²) in [4.78, 5) is 13.7. The summed E-state index contributed by atoms with van der Waals surface area (Å²) in [5.74, 6) is -0.760. The van der Waals surface area contributed by atoms with Gasteiger partial charge in [0.1, 0.15) is 17.6 Å². The number of hydrogen-bond donors (Lipinski definition) is 0. The molecule has 78 valence electrons. The van der Waals surface area contributed by atoms with Crippen LogP contribution in [-0.4, -0.2) is 9.91 Å². The van der Waals surface area contributed by atoms with Gasteiger partial charge in [0, 0.05) is 11.6 Å². The lowest BCUT2D eigenvalue weighted by Gasteiger charge is -2.00. The molecule has 6 heteroatoms. The van der Waals surface area contributed by atoms with E-state index in [-0.39, 0.29) is 22.2 Å². The third-order valence-corrected chi connectivity index (χ3v) is 2.13. The van der Waals surface area contributed by atoms with E-state index in [0.717, 1.165) is 12.1 Å². The Hall–Kier alpha value is -2.55. The summed E-state index contributed by atoms with van der Waals surface area (Å²) in [7, 11) is 0. The fourth-order valence-corrected chi connectivity index (χ4v) is 1.47. The molecule has 2 aromatic rings. The van der Waals surface area contributed by atoms with E-state index < -0.39 is 10.7 Å². The molecule has 1 heterocycles. The van der Waals surface area contributed by atoms with Gasteiger partial charge in [0.15, 0.2) is 0 Å². The lowest BCUT2D eigenvalue weighted by molar-refractivity contribution is -0.383. The van der Waals surface area contributed by atoms with Crippen molar-refractivity contribution >= 4 is 16.5 Å². The maximum Gasteiger partial charge on any atom is 0.280 e. The first kappa shape index (κ1) is 9.98. The molecule has 0 aliphatic rings. The first-order valence-electron chi connectivity index (χ1n) is 4.26. The zero-order chi connectivity index (χ0) is 11.7. The number of aromatic nitrogens is 1. The highest BCUT2D eigenvalue weighted by Crippen LogP contribution is 2.27. The highest BCUT2D eigenvalue weighted by atomic mass is 19.1. The minimum absolute atomic E-state index is 0.0277. The van der Waals surface area contributed by atoms with Gasteiger partial charge in [0.05, 0.1) is 16.4 Å². The number of nitrogens with zero attached hydrogens (tertiary/aromatic N) is 3. The molecule has 0 bridgehead atoms. The summed E-state index contributed by atoms with van der Waals surface area (Å²) in [6.07, 6.45) is 1.28. The molecule has 2 rings (SSSR count). The van der Waals surface area contributed by atoms with Crippen molar-refractivity contribution in [1.29, 1.82) is 5.26 Å². The number of nitriles is 1. The fraction of sp³-hybridized carbons (Fsp3) is 0. The molecule has 0 aliphatic heterocycles. The van der Waals surface area contributed by atoms with Crippen LogP contribution in [0, 0.1) is 27.3 Å². The van der Waals surface area contributed by atoms with Crippen molar-refractivity contribution in [2.45, 2.75) is 0 Å². The van der Waals surface area contributed by atoms with Crippen LogP contribution in [0.4, 0.5) is 10.1 Å². The van der Waals surface area contributed by atoms with Gasteiger partial charge in [0.2, 0.25) is 0 Å². The largest absolute Gasteiger partial charge is 0.280 e. The Morgan fingerprint density at radius 3 is 2.81 bits per heavy atom. The van der Waals surface area contributed by atoms with E-state index in [9.17, 15) is 14.5 Å². The van der Waals surface area contributed by atoms with Gasteiger partial charge in [-0.05, 0) is 12.1 Å². The maximum absolute atomic E-state index is 13.1. The third-order valence-electron chi connectivity index (χ3n) is 2.13. The molecule has 0 atom stereocenters. The summed E-state index contributed by atoms with van der Waals surface area (Å²) < 4.78 is 13.1. The highest BCUT2D eigenvalue weighted by molar-refractivity contribution is 5.93. The molecule has 1 aromatic carbocycles. The Kier molecular flexibility index (Phi) is 2.21. The van der Waals surface area contributed by atoms with Crippen LogP contribution in [-0.2, 0) is 0 Å². The van der Waals surface area contributed by atoms with Crippen LogP contribution in [0.1, 0.15) is 5.69 Å². The lowest BCUT2D eigenvalue weighted by atomic mass is 10.1. The summed E-state index contributed by atoms with van der Waals surface area (Å²) >= 11 is 0. The number of halogens is 1. The number of hydrogen-bond acceptors (Lipinski definition) is 4. The first-order valence-corrected chi connectivity index (χ1v) is 4.26. The normalized spacial score (nSPS) is 10.0. The molecular weight excluding hydrogens is 213 g/mol. The molecule has 16 heavy (non-hydrogen) atoms. The van der Waals surface area contributed by atoms with Crippen LogP contribution in [0.15, 0.2) is 24.4 Å². The molecule has 0 saturated heterocycles. The molecule has 1 aromatic heterocycles. The zero-order valence-electron chi connectivity index (χ0n) is 7.85. The van der Waals surface area contributed by atoms with Gasteiger partial charge in [-0.25, -0.2) is 9.37 Å². The molecular formula is C10H4FN3O2. The predicted molar refractivity (Wildman–Crippen MR) is 53.1 cm³/mol. The Bertz CT molecular complexity index is 634. The average Bonchev–Trinajstić information content (AvgIpc) is 2.27. The topological polar surface area (TPSA) is 79.8 Å². The van der Waals surface area contributed by atoms with Gasteiger partial charge in [-0.15, -0.1) is 0 Å². The van der Waals surface area contributed by atoms with Crippen LogP contribution < -0.4 is 0 Å². The van der Waals surface area contributed by atoms with E-state index in [4.69, 9.17) is 5.26 Å². The van der Waals surface area contributed by atoms with Gasteiger partial charge >= 0.3 is 0 Å². The Balaban J connectivity index is 2.95. The second kappa shape index (κ2) is 3.55. The number of rotatable bonds is 1. The maximum atomic E-state index is 13.1. The fourth-order valence-electron chi connectivity index (χ4n) is 1.47. The van der Waals surface area contributed by atoms with E-state index in [1.807, 2.05) is 0 Å². The van der Waals surface area contributed by atoms with Crippen molar-refractivity contribution in [2.24, 2.45) is 0 Å². The smallest absolute Gasteiger partial charge is 0.258 e. The van der Waals surface area contributed by atoms with Crippen molar-refractivity contribution in [3.8, 4) is 6.07 Å². The number of nitro benzene ring substituents is 1. The Morgan fingerprint density at radius 1 is 1.44 bits per heavy atom. The molecule has 0 saturated carbocycles. The van der Waals surface area contributed by atoms with Gasteiger partial charge in [-0.1, -0.05) is 0 Å². The average molecular weight is 217 g/mol. The molecule has 0 N–H and O–H groups in total. The molecule has 0 aliphatic carbocycles. The van der Waals surface area contributed by atoms with Crippen LogP contribution in [0.25, 0.3) is 10.8 Å². The zero-order valence-corrected chi connectivity index (χ0v) is 7.85. The molecule has 5 nitrogen and oxygen atoms in total. The van der Waals surface area contributed by atoms with Crippen molar-refractivity contribution in [3.63, 3.8) is 0 Å². The highest BCUT2D eigenvalue weighted by Gasteiger charge is 2.16. The lowest BCUT2D eigenvalue weighted by Crippen LogP contribution is -1.93. The van der Waals surface area contributed by atoms with Gasteiger partial charge in [-0.2, -0.15) is 5.26 Å². The van der Waals surface area contributed by atoms with E-state index in [2.05, 4.69) is 4.98 Å². The van der Waals surface area contributed by atoms with E-state index in [0.29, 0.717) is 0 Å². The van der Waals surface area contributed by atoms with E-state index in [1.54, 1.807) is 6.07 Å². The molecule has 0 unspecified atom stereocenters. The standard InChI is InChI=1S/C10H4FN3O2/c11-6-3-8-7(10(4-6)14(15)16)1-2-13-9(8)5-12/h1-4H. The second-order valence-corrected chi connectivity index (χ2v) is 3.05. The number of nitro groups is 1. The molecule has 0 spiro atoms. The van der Waals surface area contributed by atoms with Crippen LogP contribution >= 0.6 is 0 Å². The number of non-ortho nitro benzene ring substituents is 1. The van der Waals surface area contributed by atoms with Gasteiger partial charge in [-0.3, -0.25) is 10.1 Å². The third kappa shape index (κ3) is 1.44. The summed E-state index contributed by atoms with van der Waals surface area (Å²) in [5, 5.41) is 19.8. The summed E-state index contributed by atoms with van der Waals surface area (Å²) in [6, 6.07) is 5.03. The van der Waals surface area contributed by atoms with Gasteiger partial charge in [0.25, 0.3) is 5.69 Å². The second-order valence-electron chi connectivity index (χ2n) is 3.05. The number of benzene rings is 1. The minimum Gasteiger partial charge on any atom is -0.258 e. The van der Waals surface area contributed by atoms with Crippen LogP contribution in [0.3, 0.4) is 0 Å². The van der Waals surface area contributed by atoms with Crippen molar-refractivity contribution in [3.05, 3.63) is 46.0 Å². The molecule has 0 radical (unpaired) electrons. The van der Waals surface area contributed by atoms with Crippen LogP contribution in [0.5, 0.6) is 0 Å². The predicted octanol–water partition coefficient (Wildman–Crippen LogP) is 2.15. The SMILES string of the molecule is N#Cc1nccc2c([N+](=O)[O-])cc(F)cc12. The van der Waals surface area contributed by atoms with Crippen molar-refractivity contribution in [1.82, 2.24) is 4.98 Å². The summed E-state index contributed by atoms with van der Waals surface area (Å²) in [5.41, 5.74) is -0.394. The van der Waals surface area contributed by atoms with Gasteiger partial charge < -0.3 is 0 Å². The number of fused-ring (bicyclic) bond motifs is 1. The van der Waals surface area contributed by atoms with Crippen molar-refractivity contribution in [2.75, 3.05) is 0 Å². The Morgan fingerprint density at radius 2 is 2.19 bits per heavy atom. The Labute approximate surface area is 88.9 Å².